The lowest BCUT2D eigenvalue weighted by atomic mass is 10.3. The summed E-state index contributed by atoms with van der Waals surface area (Å²) in [5.41, 5.74) is 0.181. The zero-order chi connectivity index (χ0) is 14.8. The smallest absolute Gasteiger partial charge is 0.281 e. The number of piperazine rings is 1. The van der Waals surface area contributed by atoms with Crippen molar-refractivity contribution >= 4 is 27.9 Å². The van der Waals surface area contributed by atoms with Gasteiger partial charge in [0.25, 0.3) is 5.56 Å². The number of likely N-dealkylation sites (N-methyl/N-ethyl adjacent to an activating group) is 1. The zero-order valence-corrected chi connectivity index (χ0v) is 12.6. The fourth-order valence-electron chi connectivity index (χ4n) is 2.28. The van der Waals surface area contributed by atoms with Crippen molar-refractivity contribution in [1.29, 1.82) is 0 Å². The van der Waals surface area contributed by atoms with Crippen molar-refractivity contribution in [3.05, 3.63) is 28.1 Å². The number of fused-ring (bicyclic) bond motifs is 1. The van der Waals surface area contributed by atoms with Crippen molar-refractivity contribution in [1.82, 2.24) is 19.2 Å². The Balaban J connectivity index is 1.65. The van der Waals surface area contributed by atoms with E-state index in [0.29, 0.717) is 10.6 Å². The Kier molecular flexibility index (Phi) is 3.89. The van der Waals surface area contributed by atoms with E-state index in [4.69, 9.17) is 0 Å². The minimum atomic E-state index is -0.174. The van der Waals surface area contributed by atoms with Crippen molar-refractivity contribution in [2.75, 3.05) is 45.1 Å². The van der Waals surface area contributed by atoms with Gasteiger partial charge in [0.05, 0.1) is 12.7 Å². The molecule has 1 amide bonds. The van der Waals surface area contributed by atoms with Crippen LogP contribution in [0.2, 0.25) is 0 Å². The third kappa shape index (κ3) is 2.91. The molecule has 3 rings (SSSR count). The number of hydrogen-bond acceptors (Lipinski definition) is 6. The number of nitrogens with zero attached hydrogens (tertiary/aromatic N) is 4. The lowest BCUT2D eigenvalue weighted by Crippen LogP contribution is -2.48. The Morgan fingerprint density at radius 2 is 2.14 bits per heavy atom. The van der Waals surface area contributed by atoms with Crippen LogP contribution in [0.25, 0.3) is 4.96 Å². The van der Waals surface area contributed by atoms with E-state index in [2.05, 4.69) is 15.2 Å². The Bertz CT molecular complexity index is 702. The minimum Gasteiger partial charge on any atom is -0.370 e. The van der Waals surface area contributed by atoms with Crippen LogP contribution in [0.15, 0.2) is 22.6 Å². The minimum absolute atomic E-state index is 0.0120. The molecule has 0 aliphatic carbocycles. The fraction of sp³-hybridized carbons (Fsp3) is 0.462. The predicted octanol–water partition coefficient (Wildman–Crippen LogP) is -0.0581. The molecule has 1 saturated heterocycles. The van der Waals surface area contributed by atoms with Crippen molar-refractivity contribution < 1.29 is 4.79 Å². The van der Waals surface area contributed by atoms with E-state index in [1.807, 2.05) is 17.3 Å². The molecule has 0 atom stereocenters. The van der Waals surface area contributed by atoms with E-state index in [1.54, 1.807) is 6.20 Å². The maximum absolute atomic E-state index is 12.2. The van der Waals surface area contributed by atoms with Crippen LogP contribution in [0, 0.1) is 0 Å². The number of thiazole rings is 1. The van der Waals surface area contributed by atoms with Gasteiger partial charge < -0.3 is 15.1 Å². The maximum Gasteiger partial charge on any atom is 0.281 e. The predicted molar refractivity (Wildman–Crippen MR) is 81.9 cm³/mol. The number of hydrogen-bond donors (Lipinski definition) is 1. The second-order valence-corrected chi connectivity index (χ2v) is 5.94. The van der Waals surface area contributed by atoms with Gasteiger partial charge in [-0.25, -0.2) is 4.98 Å². The highest BCUT2D eigenvalue weighted by molar-refractivity contribution is 7.15. The topological polar surface area (TPSA) is 69.9 Å². The van der Waals surface area contributed by atoms with E-state index in [9.17, 15) is 9.59 Å². The molecule has 1 aliphatic rings. The molecule has 0 saturated carbocycles. The maximum atomic E-state index is 12.2. The standard InChI is InChI=1S/C13H17N5O2S/c1-16-2-4-17(5-3-16)11(19)9-14-10-8-15-13-18(12(10)20)6-7-21-13/h6-8,14H,2-5,9H2,1H3. The number of carbonyl (C=O) groups excluding carboxylic acids is 1. The molecular weight excluding hydrogens is 290 g/mol. The summed E-state index contributed by atoms with van der Waals surface area (Å²) < 4.78 is 1.48. The molecule has 0 aromatic carbocycles. The molecule has 112 valence electrons. The molecule has 0 bridgehead atoms. The fourth-order valence-corrected chi connectivity index (χ4v) is 2.96. The number of aromatic nitrogens is 2. The van der Waals surface area contributed by atoms with Gasteiger partial charge in [-0.3, -0.25) is 14.0 Å². The lowest BCUT2D eigenvalue weighted by molar-refractivity contribution is -0.130. The van der Waals surface area contributed by atoms with E-state index < -0.39 is 0 Å². The van der Waals surface area contributed by atoms with Crippen LogP contribution in [0.3, 0.4) is 0 Å². The third-order valence-electron chi connectivity index (χ3n) is 3.63. The second kappa shape index (κ2) is 5.82. The van der Waals surface area contributed by atoms with E-state index in [0.717, 1.165) is 26.2 Å². The Hall–Kier alpha value is -1.93. The number of nitrogens with one attached hydrogen (secondary N) is 1. The van der Waals surface area contributed by atoms with E-state index >= 15 is 0 Å². The summed E-state index contributed by atoms with van der Waals surface area (Å²) in [7, 11) is 2.04. The summed E-state index contributed by atoms with van der Waals surface area (Å²) in [5, 5.41) is 4.72. The quantitative estimate of drug-likeness (QED) is 0.860. The van der Waals surface area contributed by atoms with Gasteiger partial charge in [-0.05, 0) is 7.05 Å². The molecule has 2 aromatic rings. The first kappa shape index (κ1) is 14.0. The van der Waals surface area contributed by atoms with Crippen LogP contribution in [0.4, 0.5) is 5.69 Å². The Labute approximate surface area is 125 Å². The van der Waals surface area contributed by atoms with Crippen LogP contribution in [0.5, 0.6) is 0 Å². The van der Waals surface area contributed by atoms with Crippen LogP contribution >= 0.6 is 11.3 Å². The summed E-state index contributed by atoms with van der Waals surface area (Å²) in [6.45, 7) is 3.36. The first-order valence-corrected chi connectivity index (χ1v) is 7.68. The van der Waals surface area contributed by atoms with Gasteiger partial charge in [-0.2, -0.15) is 0 Å². The molecule has 0 unspecified atom stereocenters. The van der Waals surface area contributed by atoms with Gasteiger partial charge in [0.2, 0.25) is 5.91 Å². The molecule has 1 fully saturated rings. The zero-order valence-electron chi connectivity index (χ0n) is 11.8. The number of amides is 1. The van der Waals surface area contributed by atoms with Crippen LogP contribution in [-0.2, 0) is 4.79 Å². The number of carbonyl (C=O) groups is 1. The Morgan fingerprint density at radius 3 is 2.90 bits per heavy atom. The van der Waals surface area contributed by atoms with Gasteiger partial charge >= 0.3 is 0 Å². The van der Waals surface area contributed by atoms with Crippen molar-refractivity contribution in [2.24, 2.45) is 0 Å². The molecule has 8 heteroatoms. The summed E-state index contributed by atoms with van der Waals surface area (Å²) in [5.74, 6) is 0.0120. The average Bonchev–Trinajstić information content (AvgIpc) is 2.96. The van der Waals surface area contributed by atoms with Crippen LogP contribution < -0.4 is 10.9 Å². The summed E-state index contributed by atoms with van der Waals surface area (Å²) in [6, 6.07) is 0. The molecule has 0 radical (unpaired) electrons. The van der Waals surface area contributed by atoms with Crippen molar-refractivity contribution in [2.45, 2.75) is 0 Å². The molecule has 0 spiro atoms. The summed E-state index contributed by atoms with van der Waals surface area (Å²) >= 11 is 1.40. The molecule has 7 nitrogen and oxygen atoms in total. The first-order chi connectivity index (χ1) is 10.1. The lowest BCUT2D eigenvalue weighted by Gasteiger charge is -2.32. The highest BCUT2D eigenvalue weighted by Gasteiger charge is 2.19. The molecule has 2 aromatic heterocycles. The van der Waals surface area contributed by atoms with Crippen LogP contribution in [0.1, 0.15) is 0 Å². The molecule has 1 aliphatic heterocycles. The second-order valence-electron chi connectivity index (χ2n) is 5.07. The van der Waals surface area contributed by atoms with Gasteiger partial charge in [-0.15, -0.1) is 11.3 Å². The Morgan fingerprint density at radius 1 is 1.38 bits per heavy atom. The number of anilines is 1. The first-order valence-electron chi connectivity index (χ1n) is 6.80. The van der Waals surface area contributed by atoms with Gasteiger partial charge in [0.15, 0.2) is 4.96 Å². The summed E-state index contributed by atoms with van der Waals surface area (Å²) in [6.07, 6.45) is 3.17. The van der Waals surface area contributed by atoms with Crippen molar-refractivity contribution in [3.63, 3.8) is 0 Å². The highest BCUT2D eigenvalue weighted by Crippen LogP contribution is 2.08. The van der Waals surface area contributed by atoms with Gasteiger partial charge in [0.1, 0.15) is 5.69 Å². The summed E-state index contributed by atoms with van der Waals surface area (Å²) in [4.78, 5) is 33.1. The normalized spacial score (nSPS) is 16.3. The molecular formula is C13H17N5O2S. The average molecular weight is 307 g/mol. The highest BCUT2D eigenvalue weighted by atomic mass is 32.1. The van der Waals surface area contributed by atoms with Crippen molar-refractivity contribution in [3.8, 4) is 0 Å². The molecule has 1 N–H and O–H groups in total. The van der Waals surface area contributed by atoms with Crippen LogP contribution in [-0.4, -0.2) is 64.9 Å². The monoisotopic (exact) mass is 307 g/mol. The largest absolute Gasteiger partial charge is 0.370 e. The number of rotatable bonds is 3. The van der Waals surface area contributed by atoms with E-state index in [-0.39, 0.29) is 18.0 Å². The molecule has 21 heavy (non-hydrogen) atoms. The van der Waals surface area contributed by atoms with Gasteiger partial charge in [-0.1, -0.05) is 0 Å². The molecule has 3 heterocycles. The third-order valence-corrected chi connectivity index (χ3v) is 4.40. The SMILES string of the molecule is CN1CCN(C(=O)CNc2cnc3sccn3c2=O)CC1. The van der Waals surface area contributed by atoms with Gasteiger partial charge in [0, 0.05) is 37.8 Å². The van der Waals surface area contributed by atoms with E-state index in [1.165, 1.54) is 21.9 Å².